The van der Waals surface area contributed by atoms with Crippen molar-refractivity contribution in [3.63, 3.8) is 0 Å². The smallest absolute Gasteiger partial charge is 0.0211 e. The third-order valence-corrected chi connectivity index (χ3v) is 2.63. The molecular weight excluding hydrogens is 158 g/mol. The quantitative estimate of drug-likeness (QED) is 0.687. The number of benzene rings is 1. The van der Waals surface area contributed by atoms with Gasteiger partial charge in [0.05, 0.1) is 0 Å². The molecule has 1 aliphatic heterocycles. The normalized spacial score (nSPS) is 20.8. The molecule has 0 saturated carbocycles. The number of hydrogen-bond acceptors (Lipinski definition) is 1. The van der Waals surface area contributed by atoms with Gasteiger partial charge in [-0.3, -0.25) is 0 Å². The van der Waals surface area contributed by atoms with E-state index in [-0.39, 0.29) is 0 Å². The second-order valence-electron chi connectivity index (χ2n) is 3.72. The summed E-state index contributed by atoms with van der Waals surface area (Å²) < 4.78 is 0. The van der Waals surface area contributed by atoms with E-state index >= 15 is 0 Å². The summed E-state index contributed by atoms with van der Waals surface area (Å²) in [6.07, 6.45) is 3.05. The first kappa shape index (κ1) is 8.52. The van der Waals surface area contributed by atoms with E-state index in [0.717, 1.165) is 13.0 Å². The van der Waals surface area contributed by atoms with Gasteiger partial charge in [-0.05, 0) is 30.0 Å². The molecule has 0 aliphatic carbocycles. The van der Waals surface area contributed by atoms with E-state index in [2.05, 4.69) is 37.0 Å². The van der Waals surface area contributed by atoms with Gasteiger partial charge in [0.15, 0.2) is 0 Å². The van der Waals surface area contributed by atoms with Gasteiger partial charge in [-0.15, -0.1) is 0 Å². The minimum absolute atomic E-state index is 0.613. The first-order valence-corrected chi connectivity index (χ1v) is 4.77. The van der Waals surface area contributed by atoms with Crippen LogP contribution in [0, 0.1) is 0 Å². The van der Waals surface area contributed by atoms with Crippen molar-refractivity contribution in [1.29, 1.82) is 0 Å². The lowest BCUT2D eigenvalue weighted by Gasteiger charge is -2.23. The maximum absolute atomic E-state index is 3.77. The van der Waals surface area contributed by atoms with Crippen LogP contribution in [-0.2, 0) is 13.0 Å². The molecule has 0 amide bonds. The SMILES string of the molecule is C=Cc1ccc2c(c1)CN[C@@H](C)C2. The van der Waals surface area contributed by atoms with E-state index in [9.17, 15) is 0 Å². The fourth-order valence-corrected chi connectivity index (χ4v) is 1.82. The zero-order chi connectivity index (χ0) is 9.26. The van der Waals surface area contributed by atoms with Gasteiger partial charge >= 0.3 is 0 Å². The lowest BCUT2D eigenvalue weighted by molar-refractivity contribution is 0.513. The maximum Gasteiger partial charge on any atom is 0.0211 e. The van der Waals surface area contributed by atoms with Crippen molar-refractivity contribution >= 4 is 6.08 Å². The summed E-state index contributed by atoms with van der Waals surface area (Å²) in [6.45, 7) is 7.00. The summed E-state index contributed by atoms with van der Waals surface area (Å²) in [5, 5.41) is 3.46. The fourth-order valence-electron chi connectivity index (χ4n) is 1.82. The van der Waals surface area contributed by atoms with E-state index in [4.69, 9.17) is 0 Å². The molecule has 0 radical (unpaired) electrons. The van der Waals surface area contributed by atoms with E-state index < -0.39 is 0 Å². The predicted molar refractivity (Wildman–Crippen MR) is 56.5 cm³/mol. The molecule has 0 bridgehead atoms. The van der Waals surface area contributed by atoms with Crippen LogP contribution in [0.15, 0.2) is 24.8 Å². The van der Waals surface area contributed by atoms with Crippen LogP contribution in [0.3, 0.4) is 0 Å². The van der Waals surface area contributed by atoms with Gasteiger partial charge in [0.25, 0.3) is 0 Å². The Labute approximate surface area is 79.5 Å². The van der Waals surface area contributed by atoms with Gasteiger partial charge in [-0.25, -0.2) is 0 Å². The number of nitrogens with one attached hydrogen (secondary N) is 1. The summed E-state index contributed by atoms with van der Waals surface area (Å²) in [7, 11) is 0. The molecule has 0 fully saturated rings. The second kappa shape index (κ2) is 3.35. The minimum Gasteiger partial charge on any atom is -0.310 e. The Bertz CT molecular complexity index is 328. The zero-order valence-corrected chi connectivity index (χ0v) is 8.01. The molecule has 1 nitrogen and oxygen atoms in total. The standard InChI is InChI=1S/C12H15N/c1-3-10-4-5-11-6-9(2)13-8-12(11)7-10/h3-5,7,9,13H,1,6,8H2,2H3/t9-/m0/s1. The van der Waals surface area contributed by atoms with Crippen LogP contribution in [0.1, 0.15) is 23.6 Å². The summed E-state index contributed by atoms with van der Waals surface area (Å²) >= 11 is 0. The van der Waals surface area contributed by atoms with Crippen LogP contribution in [0.4, 0.5) is 0 Å². The third-order valence-electron chi connectivity index (χ3n) is 2.63. The number of hydrogen-bond donors (Lipinski definition) is 1. The molecule has 1 atom stereocenters. The first-order chi connectivity index (χ1) is 6.29. The van der Waals surface area contributed by atoms with Crippen LogP contribution in [0.25, 0.3) is 6.08 Å². The van der Waals surface area contributed by atoms with Crippen molar-refractivity contribution < 1.29 is 0 Å². The highest BCUT2D eigenvalue weighted by atomic mass is 14.9. The fraction of sp³-hybridized carbons (Fsp3) is 0.333. The summed E-state index contributed by atoms with van der Waals surface area (Å²) in [4.78, 5) is 0. The average Bonchev–Trinajstić information content (AvgIpc) is 2.17. The van der Waals surface area contributed by atoms with E-state index in [1.165, 1.54) is 16.7 Å². The molecule has 0 unspecified atom stereocenters. The highest BCUT2D eigenvalue weighted by Gasteiger charge is 2.13. The van der Waals surface area contributed by atoms with Crippen molar-refractivity contribution in [1.82, 2.24) is 5.32 Å². The van der Waals surface area contributed by atoms with Crippen LogP contribution in [0.2, 0.25) is 0 Å². The highest BCUT2D eigenvalue weighted by Crippen LogP contribution is 2.18. The molecule has 13 heavy (non-hydrogen) atoms. The number of rotatable bonds is 1. The Kier molecular flexibility index (Phi) is 2.19. The van der Waals surface area contributed by atoms with E-state index in [1.807, 2.05) is 6.08 Å². The largest absolute Gasteiger partial charge is 0.310 e. The van der Waals surface area contributed by atoms with Gasteiger partial charge in [0.2, 0.25) is 0 Å². The molecule has 0 saturated heterocycles. The van der Waals surface area contributed by atoms with Crippen molar-refractivity contribution in [2.75, 3.05) is 0 Å². The number of fused-ring (bicyclic) bond motifs is 1. The van der Waals surface area contributed by atoms with Gasteiger partial charge in [0, 0.05) is 12.6 Å². The Morgan fingerprint density at radius 3 is 3.08 bits per heavy atom. The average molecular weight is 173 g/mol. The van der Waals surface area contributed by atoms with Crippen LogP contribution < -0.4 is 5.32 Å². The van der Waals surface area contributed by atoms with Crippen molar-refractivity contribution in [3.8, 4) is 0 Å². The molecule has 1 N–H and O–H groups in total. The molecule has 1 aromatic rings. The van der Waals surface area contributed by atoms with Crippen LogP contribution in [-0.4, -0.2) is 6.04 Å². The Balaban J connectivity index is 2.36. The summed E-state index contributed by atoms with van der Waals surface area (Å²) in [5.74, 6) is 0. The van der Waals surface area contributed by atoms with Gasteiger partial charge in [0.1, 0.15) is 0 Å². The molecule has 1 aliphatic rings. The molecule has 68 valence electrons. The van der Waals surface area contributed by atoms with E-state index in [1.54, 1.807) is 0 Å². The lowest BCUT2D eigenvalue weighted by atomic mass is 9.95. The predicted octanol–water partition coefficient (Wildman–Crippen LogP) is 2.36. The second-order valence-corrected chi connectivity index (χ2v) is 3.72. The molecular formula is C12H15N. The van der Waals surface area contributed by atoms with Crippen molar-refractivity contribution in [2.45, 2.75) is 25.9 Å². The van der Waals surface area contributed by atoms with Crippen LogP contribution >= 0.6 is 0 Å². The summed E-state index contributed by atoms with van der Waals surface area (Å²) in [5.41, 5.74) is 4.13. The van der Waals surface area contributed by atoms with Gasteiger partial charge < -0.3 is 5.32 Å². The third kappa shape index (κ3) is 1.65. The molecule has 0 aromatic heterocycles. The monoisotopic (exact) mass is 173 g/mol. The van der Waals surface area contributed by atoms with Crippen LogP contribution in [0.5, 0.6) is 0 Å². The topological polar surface area (TPSA) is 12.0 Å². The Morgan fingerprint density at radius 1 is 1.46 bits per heavy atom. The Morgan fingerprint density at radius 2 is 2.31 bits per heavy atom. The Hall–Kier alpha value is -1.08. The zero-order valence-electron chi connectivity index (χ0n) is 8.01. The molecule has 0 spiro atoms. The van der Waals surface area contributed by atoms with Crippen molar-refractivity contribution in [3.05, 3.63) is 41.5 Å². The molecule has 1 heteroatoms. The maximum atomic E-state index is 3.77. The summed E-state index contributed by atoms with van der Waals surface area (Å²) in [6, 6.07) is 7.21. The lowest BCUT2D eigenvalue weighted by Crippen LogP contribution is -2.32. The highest BCUT2D eigenvalue weighted by molar-refractivity contribution is 5.50. The van der Waals surface area contributed by atoms with Crippen molar-refractivity contribution in [2.24, 2.45) is 0 Å². The van der Waals surface area contributed by atoms with Gasteiger partial charge in [-0.2, -0.15) is 0 Å². The molecule has 1 heterocycles. The first-order valence-electron chi connectivity index (χ1n) is 4.77. The minimum atomic E-state index is 0.613. The van der Waals surface area contributed by atoms with E-state index in [0.29, 0.717) is 6.04 Å². The molecule has 2 rings (SSSR count). The van der Waals surface area contributed by atoms with Gasteiger partial charge in [-0.1, -0.05) is 30.9 Å². The molecule has 1 aromatic carbocycles.